The lowest BCUT2D eigenvalue weighted by Gasteiger charge is -2.18. The van der Waals surface area contributed by atoms with Crippen LogP contribution in [0.25, 0.3) is 0 Å². The lowest BCUT2D eigenvalue weighted by Crippen LogP contribution is -2.07. The first-order valence-corrected chi connectivity index (χ1v) is 8.22. The van der Waals surface area contributed by atoms with Crippen LogP contribution in [-0.2, 0) is 6.42 Å². The van der Waals surface area contributed by atoms with E-state index in [4.69, 9.17) is 11.6 Å². The van der Waals surface area contributed by atoms with E-state index < -0.39 is 0 Å². The normalized spacial score (nSPS) is 12.4. The highest BCUT2D eigenvalue weighted by atomic mass is 79.9. The fourth-order valence-corrected chi connectivity index (χ4v) is 3.33. The monoisotopic (exact) mass is 350 g/mol. The zero-order valence-electron chi connectivity index (χ0n) is 12.2. The van der Waals surface area contributed by atoms with Crippen LogP contribution in [0, 0.1) is 20.8 Å². The summed E-state index contributed by atoms with van der Waals surface area (Å²) in [4.78, 5) is 0. The van der Waals surface area contributed by atoms with Crippen molar-refractivity contribution in [1.82, 2.24) is 0 Å². The summed E-state index contributed by atoms with van der Waals surface area (Å²) in [6, 6.07) is 13.0. The van der Waals surface area contributed by atoms with Gasteiger partial charge in [0.1, 0.15) is 0 Å². The number of halogens is 2. The molecule has 0 bridgehead atoms. The summed E-state index contributed by atoms with van der Waals surface area (Å²) in [6.07, 6.45) is 1.00. The Morgan fingerprint density at radius 1 is 1.00 bits per heavy atom. The maximum Gasteiger partial charge on any atom is 0.0295 e. The summed E-state index contributed by atoms with van der Waals surface area (Å²) in [5.74, 6) is 1.01. The Kier molecular flexibility index (Phi) is 5.29. The van der Waals surface area contributed by atoms with Crippen LogP contribution in [0.3, 0.4) is 0 Å². The largest absolute Gasteiger partial charge is 0.126 e. The molecule has 1 unspecified atom stereocenters. The number of benzene rings is 2. The third-order valence-electron chi connectivity index (χ3n) is 3.82. The molecule has 0 aliphatic carbocycles. The maximum absolute atomic E-state index is 6.22. The molecule has 0 radical (unpaired) electrons. The molecule has 0 fully saturated rings. The molecule has 2 rings (SSSR count). The van der Waals surface area contributed by atoms with Gasteiger partial charge in [0.15, 0.2) is 0 Å². The van der Waals surface area contributed by atoms with Crippen LogP contribution in [-0.4, -0.2) is 5.88 Å². The van der Waals surface area contributed by atoms with E-state index in [0.717, 1.165) is 10.9 Å². The first-order chi connectivity index (χ1) is 9.51. The third kappa shape index (κ3) is 3.65. The maximum atomic E-state index is 6.22. The highest BCUT2D eigenvalue weighted by Gasteiger charge is 2.14. The topological polar surface area (TPSA) is 0 Å². The van der Waals surface area contributed by atoms with E-state index in [-0.39, 0.29) is 0 Å². The van der Waals surface area contributed by atoms with Gasteiger partial charge < -0.3 is 0 Å². The molecule has 20 heavy (non-hydrogen) atoms. The predicted octanol–water partition coefficient (Wildman–Crippen LogP) is 5.94. The number of rotatable bonds is 4. The molecule has 2 heteroatoms. The smallest absolute Gasteiger partial charge is 0.0295 e. The van der Waals surface area contributed by atoms with Crippen LogP contribution in [0.15, 0.2) is 40.9 Å². The summed E-state index contributed by atoms with van der Waals surface area (Å²) >= 11 is 9.70. The molecule has 0 aliphatic rings. The van der Waals surface area contributed by atoms with Gasteiger partial charge in [-0.3, -0.25) is 0 Å². The zero-order chi connectivity index (χ0) is 14.7. The van der Waals surface area contributed by atoms with Crippen molar-refractivity contribution in [1.29, 1.82) is 0 Å². The molecule has 0 saturated carbocycles. The number of aryl methyl sites for hydroxylation is 3. The van der Waals surface area contributed by atoms with Crippen molar-refractivity contribution >= 4 is 27.5 Å². The van der Waals surface area contributed by atoms with Gasteiger partial charge in [-0.1, -0.05) is 45.8 Å². The average molecular weight is 352 g/mol. The van der Waals surface area contributed by atoms with Crippen LogP contribution in [0.1, 0.15) is 33.7 Å². The molecule has 0 aromatic heterocycles. The molecule has 0 spiro atoms. The molecule has 0 saturated heterocycles. The first kappa shape index (κ1) is 15.6. The summed E-state index contributed by atoms with van der Waals surface area (Å²) in [5.41, 5.74) is 6.81. The third-order valence-corrected chi connectivity index (χ3v) is 4.72. The van der Waals surface area contributed by atoms with Crippen LogP contribution < -0.4 is 0 Å². The molecular weight excluding hydrogens is 332 g/mol. The Bertz CT molecular complexity index is 564. The van der Waals surface area contributed by atoms with Crippen LogP contribution >= 0.6 is 27.5 Å². The van der Waals surface area contributed by atoms with Crippen LogP contribution in [0.4, 0.5) is 0 Å². The zero-order valence-corrected chi connectivity index (χ0v) is 14.6. The summed E-state index contributed by atoms with van der Waals surface area (Å²) in [5, 5.41) is 0. The number of hydrogen-bond donors (Lipinski definition) is 0. The van der Waals surface area contributed by atoms with Gasteiger partial charge in [-0.2, -0.15) is 0 Å². The van der Waals surface area contributed by atoms with Crippen molar-refractivity contribution < 1.29 is 0 Å². The fraction of sp³-hybridized carbons (Fsp3) is 0.333. The quantitative estimate of drug-likeness (QED) is 0.598. The van der Waals surface area contributed by atoms with Gasteiger partial charge >= 0.3 is 0 Å². The van der Waals surface area contributed by atoms with Gasteiger partial charge in [-0.15, -0.1) is 11.6 Å². The van der Waals surface area contributed by atoms with E-state index in [1.54, 1.807) is 0 Å². The van der Waals surface area contributed by atoms with Gasteiger partial charge in [0.25, 0.3) is 0 Å². The van der Waals surface area contributed by atoms with E-state index in [0.29, 0.717) is 11.8 Å². The van der Waals surface area contributed by atoms with E-state index >= 15 is 0 Å². The van der Waals surface area contributed by atoms with E-state index in [1.807, 2.05) is 0 Å². The molecule has 2 aromatic rings. The van der Waals surface area contributed by atoms with Crippen molar-refractivity contribution in [2.45, 2.75) is 33.1 Å². The highest BCUT2D eigenvalue weighted by molar-refractivity contribution is 9.10. The molecule has 2 aromatic carbocycles. The summed E-state index contributed by atoms with van der Waals surface area (Å²) in [7, 11) is 0. The van der Waals surface area contributed by atoms with E-state index in [1.165, 1.54) is 27.8 Å². The van der Waals surface area contributed by atoms with Crippen LogP contribution in [0.5, 0.6) is 0 Å². The molecule has 0 N–H and O–H groups in total. The van der Waals surface area contributed by atoms with Gasteiger partial charge in [-0.05, 0) is 61.6 Å². The van der Waals surface area contributed by atoms with Crippen molar-refractivity contribution in [2.24, 2.45) is 0 Å². The fourth-order valence-electron chi connectivity index (χ4n) is 2.77. The Morgan fingerprint density at radius 2 is 1.55 bits per heavy atom. The molecule has 0 nitrogen and oxygen atoms in total. The van der Waals surface area contributed by atoms with E-state index in [2.05, 4.69) is 73.1 Å². The van der Waals surface area contributed by atoms with Gasteiger partial charge in [0.2, 0.25) is 0 Å². The van der Waals surface area contributed by atoms with Gasteiger partial charge in [0.05, 0.1) is 0 Å². The lowest BCUT2D eigenvalue weighted by atomic mass is 9.88. The Morgan fingerprint density at radius 3 is 2.05 bits per heavy atom. The number of hydrogen-bond acceptors (Lipinski definition) is 0. The summed E-state index contributed by atoms with van der Waals surface area (Å²) < 4.78 is 1.11. The SMILES string of the molecule is Cc1cc(C)c(CC(CCl)c2ccc(Br)cc2)c(C)c1. The second-order valence-corrected chi connectivity index (χ2v) is 6.71. The van der Waals surface area contributed by atoms with Crippen molar-refractivity contribution in [3.63, 3.8) is 0 Å². The van der Waals surface area contributed by atoms with E-state index in [9.17, 15) is 0 Å². The van der Waals surface area contributed by atoms with Gasteiger partial charge in [0, 0.05) is 16.3 Å². The van der Waals surface area contributed by atoms with Gasteiger partial charge in [-0.25, -0.2) is 0 Å². The minimum Gasteiger partial charge on any atom is -0.126 e. The second kappa shape index (κ2) is 6.78. The Balaban J connectivity index is 2.29. The second-order valence-electron chi connectivity index (χ2n) is 5.48. The molecule has 0 heterocycles. The summed E-state index contributed by atoms with van der Waals surface area (Å²) in [6.45, 7) is 6.54. The Hall–Kier alpha value is -0.790. The minimum atomic E-state index is 0.366. The van der Waals surface area contributed by atoms with Crippen LogP contribution in [0.2, 0.25) is 0 Å². The van der Waals surface area contributed by atoms with Crippen molar-refractivity contribution in [3.05, 3.63) is 68.7 Å². The lowest BCUT2D eigenvalue weighted by molar-refractivity contribution is 0.757. The standard InChI is InChI=1S/C18H20BrCl/c1-12-8-13(2)18(14(3)9-12)10-16(11-20)15-4-6-17(19)7-5-15/h4-9,16H,10-11H2,1-3H3. The average Bonchev–Trinajstić information content (AvgIpc) is 2.39. The highest BCUT2D eigenvalue weighted by Crippen LogP contribution is 2.27. The molecule has 0 amide bonds. The van der Waals surface area contributed by atoms with Crippen molar-refractivity contribution in [2.75, 3.05) is 5.88 Å². The predicted molar refractivity (Wildman–Crippen MR) is 92.0 cm³/mol. The molecule has 1 atom stereocenters. The van der Waals surface area contributed by atoms with Crippen molar-refractivity contribution in [3.8, 4) is 0 Å². The molecular formula is C18H20BrCl. The minimum absolute atomic E-state index is 0.366. The first-order valence-electron chi connectivity index (χ1n) is 6.89. The Labute approximate surface area is 135 Å². The number of alkyl halides is 1. The molecule has 0 aliphatic heterocycles. The molecule has 106 valence electrons.